The number of nitrogens with one attached hydrogen (secondary N) is 2. The summed E-state index contributed by atoms with van der Waals surface area (Å²) in [6.07, 6.45) is 1.71. The molecule has 4 nitrogen and oxygen atoms in total. The van der Waals surface area contributed by atoms with Crippen molar-refractivity contribution in [3.05, 3.63) is 29.8 Å². The van der Waals surface area contributed by atoms with Gasteiger partial charge in [0.05, 0.1) is 5.75 Å². The van der Waals surface area contributed by atoms with Gasteiger partial charge in [-0.3, -0.25) is 4.72 Å². The lowest BCUT2D eigenvalue weighted by molar-refractivity contribution is 0.571. The Morgan fingerprint density at radius 1 is 1.11 bits per heavy atom. The topological polar surface area (TPSA) is 58.2 Å². The molecule has 0 fully saturated rings. The van der Waals surface area contributed by atoms with Crippen molar-refractivity contribution >= 4 is 15.7 Å². The van der Waals surface area contributed by atoms with Gasteiger partial charge in [-0.2, -0.15) is 0 Å². The van der Waals surface area contributed by atoms with Gasteiger partial charge in [0.15, 0.2) is 0 Å². The van der Waals surface area contributed by atoms with E-state index in [1.54, 1.807) is 0 Å². The van der Waals surface area contributed by atoms with E-state index in [2.05, 4.69) is 23.9 Å². The molecule has 0 radical (unpaired) electrons. The molecule has 1 aromatic carbocycles. The average Bonchev–Trinajstić information content (AvgIpc) is 2.36. The fourth-order valence-corrected chi connectivity index (χ4v) is 2.95. The third-order valence-corrected chi connectivity index (χ3v) is 4.35. The highest BCUT2D eigenvalue weighted by Gasteiger charge is 2.09. The molecule has 0 heterocycles. The lowest BCUT2D eigenvalue weighted by Gasteiger charge is -2.14. The standard InChI is InChI=1S/C14H24N2O2S/c1-4-10-15-12(3)13-6-8-14(9-7-13)16-19(17,18)11-5-2/h6-9,12,15-16H,4-5,10-11H2,1-3H3. The highest BCUT2D eigenvalue weighted by molar-refractivity contribution is 7.92. The zero-order valence-corrected chi connectivity index (χ0v) is 12.8. The van der Waals surface area contributed by atoms with Gasteiger partial charge in [0, 0.05) is 11.7 Å². The highest BCUT2D eigenvalue weighted by atomic mass is 32.2. The van der Waals surface area contributed by atoms with E-state index in [1.165, 1.54) is 0 Å². The van der Waals surface area contributed by atoms with Crippen LogP contribution in [0.1, 0.15) is 45.2 Å². The molecule has 1 aromatic rings. The summed E-state index contributed by atoms with van der Waals surface area (Å²) in [5.41, 5.74) is 1.78. The minimum absolute atomic E-state index is 0.156. The summed E-state index contributed by atoms with van der Waals surface area (Å²) in [5, 5.41) is 3.40. The summed E-state index contributed by atoms with van der Waals surface area (Å²) < 4.78 is 25.9. The Morgan fingerprint density at radius 3 is 2.26 bits per heavy atom. The van der Waals surface area contributed by atoms with Gasteiger partial charge in [-0.25, -0.2) is 8.42 Å². The van der Waals surface area contributed by atoms with Crippen LogP contribution in [0, 0.1) is 0 Å². The van der Waals surface area contributed by atoms with Crippen LogP contribution < -0.4 is 10.0 Å². The number of hydrogen-bond acceptors (Lipinski definition) is 3. The van der Waals surface area contributed by atoms with Crippen molar-refractivity contribution in [1.82, 2.24) is 5.32 Å². The van der Waals surface area contributed by atoms with Crippen LogP contribution in [0.15, 0.2) is 24.3 Å². The van der Waals surface area contributed by atoms with Crippen molar-refractivity contribution in [1.29, 1.82) is 0 Å². The first-order valence-electron chi connectivity index (χ1n) is 6.82. The van der Waals surface area contributed by atoms with Crippen molar-refractivity contribution in [3.63, 3.8) is 0 Å². The Hall–Kier alpha value is -1.07. The van der Waals surface area contributed by atoms with E-state index in [9.17, 15) is 8.42 Å². The summed E-state index contributed by atoms with van der Waals surface area (Å²) in [4.78, 5) is 0. The van der Waals surface area contributed by atoms with Crippen molar-refractivity contribution in [2.75, 3.05) is 17.0 Å². The summed E-state index contributed by atoms with van der Waals surface area (Å²) in [5.74, 6) is 0.156. The van der Waals surface area contributed by atoms with Gasteiger partial charge in [-0.1, -0.05) is 26.0 Å². The van der Waals surface area contributed by atoms with Gasteiger partial charge in [-0.15, -0.1) is 0 Å². The van der Waals surface area contributed by atoms with Crippen LogP contribution >= 0.6 is 0 Å². The molecule has 0 saturated carbocycles. The number of anilines is 1. The van der Waals surface area contributed by atoms with E-state index in [0.717, 1.165) is 18.5 Å². The second kappa shape index (κ2) is 7.50. The van der Waals surface area contributed by atoms with Crippen LogP contribution in [0.25, 0.3) is 0 Å². The molecule has 1 unspecified atom stereocenters. The Bertz CT molecular complexity index is 469. The van der Waals surface area contributed by atoms with Crippen LogP contribution in [0.2, 0.25) is 0 Å². The Labute approximate surface area is 116 Å². The second-order valence-electron chi connectivity index (χ2n) is 4.72. The molecule has 0 saturated heterocycles. The summed E-state index contributed by atoms with van der Waals surface area (Å²) in [6, 6.07) is 7.81. The lowest BCUT2D eigenvalue weighted by atomic mass is 10.1. The molecule has 0 spiro atoms. The largest absolute Gasteiger partial charge is 0.310 e. The van der Waals surface area contributed by atoms with E-state index >= 15 is 0 Å². The van der Waals surface area contributed by atoms with E-state index in [1.807, 2.05) is 31.2 Å². The Balaban J connectivity index is 2.66. The molecule has 19 heavy (non-hydrogen) atoms. The first-order valence-corrected chi connectivity index (χ1v) is 8.47. The molecule has 0 aliphatic carbocycles. The van der Waals surface area contributed by atoms with E-state index in [4.69, 9.17) is 0 Å². The first-order chi connectivity index (χ1) is 8.98. The molecule has 1 atom stereocenters. The van der Waals surface area contributed by atoms with Crippen molar-refractivity contribution in [2.45, 2.75) is 39.7 Å². The van der Waals surface area contributed by atoms with Crippen LogP contribution in [-0.2, 0) is 10.0 Å². The van der Waals surface area contributed by atoms with Gasteiger partial charge in [0.25, 0.3) is 0 Å². The minimum Gasteiger partial charge on any atom is -0.310 e. The molecule has 0 aliphatic rings. The lowest BCUT2D eigenvalue weighted by Crippen LogP contribution is -2.19. The third-order valence-electron chi connectivity index (χ3n) is 2.86. The maximum absolute atomic E-state index is 11.6. The van der Waals surface area contributed by atoms with Crippen molar-refractivity contribution in [2.24, 2.45) is 0 Å². The molecule has 0 amide bonds. The number of sulfonamides is 1. The van der Waals surface area contributed by atoms with E-state index in [-0.39, 0.29) is 11.8 Å². The molecule has 0 aromatic heterocycles. The summed E-state index contributed by atoms with van der Waals surface area (Å²) in [7, 11) is -3.20. The molecule has 0 bridgehead atoms. The number of benzene rings is 1. The van der Waals surface area contributed by atoms with Crippen LogP contribution in [0.4, 0.5) is 5.69 Å². The summed E-state index contributed by atoms with van der Waals surface area (Å²) >= 11 is 0. The Kier molecular flexibility index (Phi) is 6.31. The van der Waals surface area contributed by atoms with Crippen LogP contribution in [0.5, 0.6) is 0 Å². The normalized spacial score (nSPS) is 13.2. The van der Waals surface area contributed by atoms with Gasteiger partial charge in [-0.05, 0) is 44.0 Å². The minimum atomic E-state index is -3.20. The molecule has 108 valence electrons. The quantitative estimate of drug-likeness (QED) is 0.771. The second-order valence-corrected chi connectivity index (χ2v) is 6.56. The number of rotatable bonds is 8. The zero-order valence-electron chi connectivity index (χ0n) is 11.9. The third kappa shape index (κ3) is 5.61. The zero-order chi connectivity index (χ0) is 14.3. The van der Waals surface area contributed by atoms with Crippen molar-refractivity contribution < 1.29 is 8.42 Å². The first kappa shape index (κ1) is 16.0. The molecule has 5 heteroatoms. The monoisotopic (exact) mass is 284 g/mol. The molecular formula is C14H24N2O2S. The molecule has 2 N–H and O–H groups in total. The van der Waals surface area contributed by atoms with Crippen molar-refractivity contribution in [3.8, 4) is 0 Å². The fraction of sp³-hybridized carbons (Fsp3) is 0.571. The molecule has 1 rings (SSSR count). The van der Waals surface area contributed by atoms with E-state index in [0.29, 0.717) is 12.1 Å². The Morgan fingerprint density at radius 2 is 1.74 bits per heavy atom. The van der Waals surface area contributed by atoms with Crippen LogP contribution in [0.3, 0.4) is 0 Å². The van der Waals surface area contributed by atoms with Gasteiger partial charge < -0.3 is 5.32 Å². The van der Waals surface area contributed by atoms with Gasteiger partial charge >= 0.3 is 0 Å². The fourth-order valence-electron chi connectivity index (χ4n) is 1.82. The maximum atomic E-state index is 11.6. The number of hydrogen-bond donors (Lipinski definition) is 2. The maximum Gasteiger partial charge on any atom is 0.232 e. The smallest absolute Gasteiger partial charge is 0.232 e. The SMILES string of the molecule is CCCNC(C)c1ccc(NS(=O)(=O)CCC)cc1. The highest BCUT2D eigenvalue weighted by Crippen LogP contribution is 2.17. The molecular weight excluding hydrogens is 260 g/mol. The van der Waals surface area contributed by atoms with Gasteiger partial charge in [0.1, 0.15) is 0 Å². The predicted molar refractivity (Wildman–Crippen MR) is 80.9 cm³/mol. The van der Waals surface area contributed by atoms with E-state index < -0.39 is 10.0 Å². The predicted octanol–water partition coefficient (Wildman–Crippen LogP) is 2.90. The van der Waals surface area contributed by atoms with Gasteiger partial charge in [0.2, 0.25) is 10.0 Å². The average molecular weight is 284 g/mol. The molecule has 0 aliphatic heterocycles. The summed E-state index contributed by atoms with van der Waals surface area (Å²) in [6.45, 7) is 7.06. The van der Waals surface area contributed by atoms with Crippen LogP contribution in [-0.4, -0.2) is 20.7 Å².